The molecule has 2 aromatic heterocycles. The zero-order valence-corrected chi connectivity index (χ0v) is 10.8. The maximum Gasteiger partial charge on any atom is 0.142 e. The Morgan fingerprint density at radius 1 is 1.53 bits per heavy atom. The highest BCUT2D eigenvalue weighted by Crippen LogP contribution is 2.35. The van der Waals surface area contributed by atoms with Gasteiger partial charge in [0, 0.05) is 16.6 Å². The number of thiophene rings is 1. The summed E-state index contributed by atoms with van der Waals surface area (Å²) in [5, 5.41) is 2.62. The summed E-state index contributed by atoms with van der Waals surface area (Å²) < 4.78 is 5.27. The molecule has 17 heavy (non-hydrogen) atoms. The number of halogens is 1. The van der Waals surface area contributed by atoms with Crippen molar-refractivity contribution in [3.8, 4) is 5.75 Å². The molecule has 0 aromatic carbocycles. The molecule has 2 rings (SSSR count). The number of rotatable bonds is 4. The summed E-state index contributed by atoms with van der Waals surface area (Å²) in [5.41, 5.74) is 3.67. The van der Waals surface area contributed by atoms with Crippen molar-refractivity contribution in [1.29, 1.82) is 0 Å². The molecular formula is C11H12ClN3OS. The van der Waals surface area contributed by atoms with E-state index in [1.807, 2.05) is 17.5 Å². The van der Waals surface area contributed by atoms with Gasteiger partial charge < -0.3 is 4.74 Å². The number of nitrogens with one attached hydrogen (secondary N) is 1. The van der Waals surface area contributed by atoms with Crippen LogP contribution in [0, 0.1) is 0 Å². The quantitative estimate of drug-likeness (QED) is 0.661. The number of nitrogens with two attached hydrogens (primary N) is 1. The minimum atomic E-state index is -0.194. The lowest BCUT2D eigenvalue weighted by Gasteiger charge is -2.17. The van der Waals surface area contributed by atoms with E-state index in [-0.39, 0.29) is 6.04 Å². The van der Waals surface area contributed by atoms with Crippen LogP contribution in [-0.4, -0.2) is 12.1 Å². The van der Waals surface area contributed by atoms with Crippen molar-refractivity contribution in [3.05, 3.63) is 45.4 Å². The minimum Gasteiger partial charge on any atom is -0.495 e. The highest BCUT2D eigenvalue weighted by atomic mass is 35.5. The molecule has 0 amide bonds. The zero-order chi connectivity index (χ0) is 12.3. The smallest absolute Gasteiger partial charge is 0.142 e. The van der Waals surface area contributed by atoms with Gasteiger partial charge in [0.2, 0.25) is 0 Å². The molecule has 0 spiro atoms. The highest BCUT2D eigenvalue weighted by molar-refractivity contribution is 7.10. The molecule has 0 aliphatic carbocycles. The summed E-state index contributed by atoms with van der Waals surface area (Å²) in [5.74, 6) is 6.29. The summed E-state index contributed by atoms with van der Waals surface area (Å²) in [6.45, 7) is 0. The Morgan fingerprint density at radius 3 is 2.94 bits per heavy atom. The van der Waals surface area contributed by atoms with Crippen molar-refractivity contribution >= 4 is 22.9 Å². The van der Waals surface area contributed by atoms with Crippen LogP contribution < -0.4 is 16.0 Å². The molecule has 0 bridgehead atoms. The molecule has 2 aromatic rings. The van der Waals surface area contributed by atoms with Gasteiger partial charge in [-0.3, -0.25) is 10.8 Å². The molecule has 0 aliphatic heterocycles. The lowest BCUT2D eigenvalue weighted by Crippen LogP contribution is -2.28. The van der Waals surface area contributed by atoms with Gasteiger partial charge in [-0.1, -0.05) is 11.6 Å². The average molecular weight is 270 g/mol. The number of aromatic nitrogens is 1. The van der Waals surface area contributed by atoms with Gasteiger partial charge in [-0.05, 0) is 17.5 Å². The van der Waals surface area contributed by atoms with Gasteiger partial charge in [0.05, 0.1) is 24.4 Å². The third kappa shape index (κ3) is 2.42. The van der Waals surface area contributed by atoms with Gasteiger partial charge in [0.15, 0.2) is 0 Å². The van der Waals surface area contributed by atoms with Crippen LogP contribution in [-0.2, 0) is 0 Å². The molecule has 1 unspecified atom stereocenters. The van der Waals surface area contributed by atoms with Gasteiger partial charge in [0.1, 0.15) is 5.75 Å². The van der Waals surface area contributed by atoms with Crippen molar-refractivity contribution < 1.29 is 4.74 Å². The van der Waals surface area contributed by atoms with Crippen molar-refractivity contribution in [3.63, 3.8) is 0 Å². The summed E-state index contributed by atoms with van der Waals surface area (Å²) in [4.78, 5) is 4.97. The van der Waals surface area contributed by atoms with Crippen LogP contribution in [0.25, 0.3) is 0 Å². The first-order valence-corrected chi connectivity index (χ1v) is 6.20. The van der Waals surface area contributed by atoms with Gasteiger partial charge in [-0.15, -0.1) is 11.3 Å². The normalized spacial score (nSPS) is 12.4. The van der Waals surface area contributed by atoms with Crippen LogP contribution in [0.4, 0.5) is 0 Å². The third-order valence-electron chi connectivity index (χ3n) is 2.42. The Hall–Kier alpha value is -1.14. The molecule has 6 heteroatoms. The third-order valence-corrected chi connectivity index (χ3v) is 3.84. The molecule has 3 N–H and O–H groups in total. The van der Waals surface area contributed by atoms with Crippen molar-refractivity contribution in [2.24, 2.45) is 5.84 Å². The Labute approximate surface area is 108 Å². The number of methoxy groups -OCH3 is 1. The molecule has 0 radical (unpaired) electrons. The van der Waals surface area contributed by atoms with E-state index in [1.54, 1.807) is 30.8 Å². The van der Waals surface area contributed by atoms with Crippen LogP contribution in [0.5, 0.6) is 5.75 Å². The number of ether oxygens (including phenoxy) is 1. The number of hydrogen-bond acceptors (Lipinski definition) is 5. The van der Waals surface area contributed by atoms with Crippen molar-refractivity contribution in [1.82, 2.24) is 10.4 Å². The van der Waals surface area contributed by atoms with Crippen LogP contribution in [0.3, 0.4) is 0 Å². The lowest BCUT2D eigenvalue weighted by molar-refractivity contribution is 0.402. The molecule has 90 valence electrons. The van der Waals surface area contributed by atoms with E-state index in [0.29, 0.717) is 10.8 Å². The number of pyridine rings is 1. The Bertz CT molecular complexity index is 503. The first-order chi connectivity index (χ1) is 8.27. The molecule has 4 nitrogen and oxygen atoms in total. The van der Waals surface area contributed by atoms with Crippen LogP contribution in [0.2, 0.25) is 5.02 Å². The van der Waals surface area contributed by atoms with E-state index in [9.17, 15) is 0 Å². The average Bonchev–Trinajstić information content (AvgIpc) is 2.78. The fraction of sp³-hybridized carbons (Fsp3) is 0.182. The Morgan fingerprint density at radius 2 is 2.35 bits per heavy atom. The van der Waals surface area contributed by atoms with Crippen LogP contribution in [0.15, 0.2) is 29.9 Å². The van der Waals surface area contributed by atoms with Crippen molar-refractivity contribution in [2.45, 2.75) is 6.04 Å². The van der Waals surface area contributed by atoms with Gasteiger partial charge in [0.25, 0.3) is 0 Å². The number of hydrazine groups is 1. The van der Waals surface area contributed by atoms with Gasteiger partial charge in [-0.2, -0.15) is 0 Å². The van der Waals surface area contributed by atoms with E-state index in [2.05, 4.69) is 10.4 Å². The summed E-state index contributed by atoms with van der Waals surface area (Å²) in [6, 6.07) is 3.51. The van der Waals surface area contributed by atoms with Crippen LogP contribution >= 0.6 is 22.9 Å². The maximum atomic E-state index is 6.12. The predicted molar refractivity (Wildman–Crippen MR) is 69.3 cm³/mol. The first kappa shape index (κ1) is 12.3. The topological polar surface area (TPSA) is 60.2 Å². The molecular weight excluding hydrogens is 258 g/mol. The number of hydrogen-bond donors (Lipinski definition) is 2. The first-order valence-electron chi connectivity index (χ1n) is 4.94. The van der Waals surface area contributed by atoms with Crippen LogP contribution in [0.1, 0.15) is 16.5 Å². The highest BCUT2D eigenvalue weighted by Gasteiger charge is 2.20. The Balaban J connectivity index is 2.46. The molecule has 0 aliphatic rings. The largest absolute Gasteiger partial charge is 0.495 e. The fourth-order valence-corrected chi connectivity index (χ4v) is 2.86. The molecule has 0 saturated heterocycles. The van der Waals surface area contributed by atoms with E-state index in [1.165, 1.54) is 0 Å². The zero-order valence-electron chi connectivity index (χ0n) is 9.18. The SMILES string of the molecule is COc1cnccc1C(NN)c1sccc1Cl. The Kier molecular flexibility index (Phi) is 3.96. The molecule has 0 saturated carbocycles. The second kappa shape index (κ2) is 5.46. The standard InChI is InChI=1S/C11H12ClN3OS/c1-16-9-6-14-4-2-7(9)10(15-13)11-8(12)3-5-17-11/h2-6,10,15H,13H2,1H3. The summed E-state index contributed by atoms with van der Waals surface area (Å²) >= 11 is 7.66. The van der Waals surface area contributed by atoms with E-state index in [0.717, 1.165) is 10.4 Å². The molecule has 0 fully saturated rings. The van der Waals surface area contributed by atoms with E-state index < -0.39 is 0 Å². The monoisotopic (exact) mass is 269 g/mol. The second-order valence-electron chi connectivity index (χ2n) is 3.35. The van der Waals surface area contributed by atoms with Gasteiger partial charge in [-0.25, -0.2) is 5.43 Å². The lowest BCUT2D eigenvalue weighted by atomic mass is 10.1. The second-order valence-corrected chi connectivity index (χ2v) is 4.70. The summed E-state index contributed by atoms with van der Waals surface area (Å²) in [7, 11) is 1.60. The predicted octanol–water partition coefficient (Wildman–Crippen LogP) is 2.36. The molecule has 2 heterocycles. The minimum absolute atomic E-state index is 0.194. The van der Waals surface area contributed by atoms with E-state index in [4.69, 9.17) is 22.2 Å². The summed E-state index contributed by atoms with van der Waals surface area (Å²) in [6.07, 6.45) is 3.35. The number of nitrogens with zero attached hydrogens (tertiary/aromatic N) is 1. The van der Waals surface area contributed by atoms with Crippen molar-refractivity contribution in [2.75, 3.05) is 7.11 Å². The van der Waals surface area contributed by atoms with Gasteiger partial charge >= 0.3 is 0 Å². The fourth-order valence-electron chi connectivity index (χ4n) is 1.62. The van der Waals surface area contributed by atoms with E-state index >= 15 is 0 Å². The maximum absolute atomic E-state index is 6.12. The molecule has 1 atom stereocenters.